The van der Waals surface area contributed by atoms with Crippen LogP contribution in [0.4, 0.5) is 5.69 Å². The number of methoxy groups -OCH3 is 1. The predicted octanol–water partition coefficient (Wildman–Crippen LogP) is 3.19. The highest BCUT2D eigenvalue weighted by Crippen LogP contribution is 2.21. The molecule has 4 heteroatoms. The smallest absolute Gasteiger partial charge is 0.121 e. The summed E-state index contributed by atoms with van der Waals surface area (Å²) in [6, 6.07) is 15.9. The lowest BCUT2D eigenvalue weighted by molar-refractivity contribution is 0.414. The molecule has 0 aliphatic carbocycles. The zero-order valence-electron chi connectivity index (χ0n) is 11.9. The minimum Gasteiger partial charge on any atom is -0.497 e. The molecule has 3 rings (SSSR count). The maximum atomic E-state index is 5.88. The Labute approximate surface area is 123 Å². The van der Waals surface area contributed by atoms with Gasteiger partial charge in [0.15, 0.2) is 0 Å². The van der Waals surface area contributed by atoms with Crippen molar-refractivity contribution in [2.45, 2.75) is 6.54 Å². The summed E-state index contributed by atoms with van der Waals surface area (Å²) in [5.41, 5.74) is 9.90. The van der Waals surface area contributed by atoms with E-state index < -0.39 is 0 Å². The van der Waals surface area contributed by atoms with Crippen LogP contribution in [-0.2, 0) is 6.54 Å². The van der Waals surface area contributed by atoms with Crippen molar-refractivity contribution in [3.05, 3.63) is 66.5 Å². The second-order valence-corrected chi connectivity index (χ2v) is 4.91. The molecule has 0 spiro atoms. The van der Waals surface area contributed by atoms with Crippen molar-refractivity contribution < 1.29 is 4.74 Å². The minimum atomic E-state index is 0.661. The van der Waals surface area contributed by atoms with Crippen LogP contribution in [0, 0.1) is 0 Å². The Morgan fingerprint density at radius 1 is 1.10 bits per heavy atom. The van der Waals surface area contributed by atoms with Crippen LogP contribution in [0.15, 0.2) is 60.9 Å². The van der Waals surface area contributed by atoms with E-state index >= 15 is 0 Å². The molecule has 0 amide bonds. The van der Waals surface area contributed by atoms with Crippen LogP contribution in [0.5, 0.6) is 5.75 Å². The van der Waals surface area contributed by atoms with E-state index in [1.54, 1.807) is 7.11 Å². The van der Waals surface area contributed by atoms with Crippen molar-refractivity contribution in [1.29, 1.82) is 0 Å². The first-order valence-corrected chi connectivity index (χ1v) is 6.76. The summed E-state index contributed by atoms with van der Waals surface area (Å²) in [6.07, 6.45) is 3.91. The third-order valence-electron chi connectivity index (χ3n) is 3.31. The predicted molar refractivity (Wildman–Crippen MR) is 84.2 cm³/mol. The molecule has 0 aliphatic rings. The first-order valence-electron chi connectivity index (χ1n) is 6.76. The molecule has 0 saturated carbocycles. The van der Waals surface area contributed by atoms with Gasteiger partial charge in [-0.15, -0.1) is 0 Å². The van der Waals surface area contributed by atoms with Gasteiger partial charge in [-0.1, -0.05) is 30.3 Å². The van der Waals surface area contributed by atoms with E-state index in [0.717, 1.165) is 22.4 Å². The van der Waals surface area contributed by atoms with Crippen molar-refractivity contribution in [2.75, 3.05) is 12.8 Å². The Morgan fingerprint density at radius 3 is 2.67 bits per heavy atom. The van der Waals surface area contributed by atoms with Gasteiger partial charge in [0.05, 0.1) is 19.9 Å². The standard InChI is InChI=1S/C17H17N3O/c1-21-17-8-13(7-16(18)9-17)11-20-12-15(10-19-20)14-5-3-2-4-6-14/h2-10,12H,11,18H2,1H3. The molecule has 1 heterocycles. The Kier molecular flexibility index (Phi) is 3.60. The van der Waals surface area contributed by atoms with Gasteiger partial charge in [0.1, 0.15) is 5.75 Å². The van der Waals surface area contributed by atoms with E-state index in [1.807, 2.05) is 53.5 Å². The quantitative estimate of drug-likeness (QED) is 0.746. The summed E-state index contributed by atoms with van der Waals surface area (Å²) in [6.45, 7) is 0.661. The number of anilines is 1. The molecule has 106 valence electrons. The first-order chi connectivity index (χ1) is 10.2. The zero-order valence-corrected chi connectivity index (χ0v) is 11.9. The summed E-state index contributed by atoms with van der Waals surface area (Å²) in [5.74, 6) is 0.764. The Balaban J connectivity index is 1.83. The number of hydrogen-bond donors (Lipinski definition) is 1. The Hall–Kier alpha value is -2.75. The number of nitrogens with two attached hydrogens (primary N) is 1. The number of benzene rings is 2. The second-order valence-electron chi connectivity index (χ2n) is 4.91. The van der Waals surface area contributed by atoms with Crippen molar-refractivity contribution in [2.24, 2.45) is 0 Å². The molecule has 1 aromatic heterocycles. The van der Waals surface area contributed by atoms with Gasteiger partial charge in [-0.05, 0) is 23.3 Å². The molecular formula is C17H17N3O. The number of rotatable bonds is 4. The SMILES string of the molecule is COc1cc(N)cc(Cn2cc(-c3ccccc3)cn2)c1. The minimum absolute atomic E-state index is 0.661. The lowest BCUT2D eigenvalue weighted by atomic mass is 10.1. The number of aromatic nitrogens is 2. The van der Waals surface area contributed by atoms with E-state index in [-0.39, 0.29) is 0 Å². The summed E-state index contributed by atoms with van der Waals surface area (Å²) in [5, 5.41) is 4.41. The van der Waals surface area contributed by atoms with Crippen molar-refractivity contribution in [3.63, 3.8) is 0 Å². The fourth-order valence-electron chi connectivity index (χ4n) is 2.31. The van der Waals surface area contributed by atoms with E-state index in [9.17, 15) is 0 Å². The summed E-state index contributed by atoms with van der Waals surface area (Å²) in [4.78, 5) is 0. The molecule has 0 atom stereocenters. The molecule has 0 unspecified atom stereocenters. The van der Waals surface area contributed by atoms with E-state index in [2.05, 4.69) is 17.2 Å². The van der Waals surface area contributed by atoms with Gasteiger partial charge >= 0.3 is 0 Å². The molecule has 3 aromatic rings. The fourth-order valence-corrected chi connectivity index (χ4v) is 2.31. The van der Waals surface area contributed by atoms with Gasteiger partial charge in [0, 0.05) is 23.5 Å². The largest absolute Gasteiger partial charge is 0.497 e. The molecule has 0 saturated heterocycles. The van der Waals surface area contributed by atoms with Crippen LogP contribution >= 0.6 is 0 Å². The van der Waals surface area contributed by atoms with Crippen molar-refractivity contribution >= 4 is 5.69 Å². The highest BCUT2D eigenvalue weighted by molar-refractivity contribution is 5.61. The second kappa shape index (κ2) is 5.71. The van der Waals surface area contributed by atoms with Crippen LogP contribution in [0.25, 0.3) is 11.1 Å². The van der Waals surface area contributed by atoms with Crippen LogP contribution < -0.4 is 10.5 Å². The number of ether oxygens (including phenoxy) is 1. The number of nitrogen functional groups attached to an aromatic ring is 1. The van der Waals surface area contributed by atoms with Gasteiger partial charge in [-0.3, -0.25) is 4.68 Å². The van der Waals surface area contributed by atoms with Gasteiger partial charge in [-0.2, -0.15) is 5.10 Å². The third-order valence-corrected chi connectivity index (χ3v) is 3.31. The first kappa shape index (κ1) is 13.2. The normalized spacial score (nSPS) is 10.5. The molecule has 4 nitrogen and oxygen atoms in total. The molecular weight excluding hydrogens is 262 g/mol. The zero-order chi connectivity index (χ0) is 14.7. The third kappa shape index (κ3) is 3.05. The van der Waals surface area contributed by atoms with E-state index in [4.69, 9.17) is 10.5 Å². The average molecular weight is 279 g/mol. The Bertz CT molecular complexity index is 735. The maximum Gasteiger partial charge on any atom is 0.121 e. The Morgan fingerprint density at radius 2 is 1.90 bits per heavy atom. The summed E-state index contributed by atoms with van der Waals surface area (Å²) in [7, 11) is 1.64. The fraction of sp³-hybridized carbons (Fsp3) is 0.118. The number of hydrogen-bond acceptors (Lipinski definition) is 3. The highest BCUT2D eigenvalue weighted by Gasteiger charge is 2.04. The van der Waals surface area contributed by atoms with Gasteiger partial charge in [-0.25, -0.2) is 0 Å². The molecule has 0 fully saturated rings. The van der Waals surface area contributed by atoms with Gasteiger partial charge in [0.25, 0.3) is 0 Å². The topological polar surface area (TPSA) is 53.1 Å². The molecule has 0 radical (unpaired) electrons. The van der Waals surface area contributed by atoms with Crippen LogP contribution in [0.2, 0.25) is 0 Å². The van der Waals surface area contributed by atoms with Crippen molar-refractivity contribution in [3.8, 4) is 16.9 Å². The maximum absolute atomic E-state index is 5.88. The molecule has 0 aliphatic heterocycles. The average Bonchev–Trinajstić information content (AvgIpc) is 2.96. The van der Waals surface area contributed by atoms with Crippen LogP contribution in [0.3, 0.4) is 0 Å². The summed E-state index contributed by atoms with van der Waals surface area (Å²) < 4.78 is 7.14. The molecule has 2 N–H and O–H groups in total. The molecule has 2 aromatic carbocycles. The van der Waals surface area contributed by atoms with Gasteiger partial charge < -0.3 is 10.5 Å². The van der Waals surface area contributed by atoms with E-state index in [1.165, 1.54) is 0 Å². The van der Waals surface area contributed by atoms with Gasteiger partial charge in [0.2, 0.25) is 0 Å². The van der Waals surface area contributed by atoms with E-state index in [0.29, 0.717) is 12.2 Å². The van der Waals surface area contributed by atoms with Crippen LogP contribution in [0.1, 0.15) is 5.56 Å². The van der Waals surface area contributed by atoms with Crippen molar-refractivity contribution in [1.82, 2.24) is 9.78 Å². The molecule has 21 heavy (non-hydrogen) atoms. The van der Waals surface area contributed by atoms with Crippen LogP contribution in [-0.4, -0.2) is 16.9 Å². The highest BCUT2D eigenvalue weighted by atomic mass is 16.5. The number of nitrogens with zero attached hydrogens (tertiary/aromatic N) is 2. The lowest BCUT2D eigenvalue weighted by Gasteiger charge is -2.07. The molecule has 0 bridgehead atoms. The monoisotopic (exact) mass is 279 g/mol. The summed E-state index contributed by atoms with van der Waals surface area (Å²) >= 11 is 0. The lowest BCUT2D eigenvalue weighted by Crippen LogP contribution is -2.01.